The van der Waals surface area contributed by atoms with Crippen LogP contribution in [-0.2, 0) is 11.3 Å². The van der Waals surface area contributed by atoms with Crippen LogP contribution in [0, 0.1) is 13.8 Å². The van der Waals surface area contributed by atoms with Gasteiger partial charge in [0.05, 0.1) is 5.69 Å². The molecule has 2 rings (SSSR count). The summed E-state index contributed by atoms with van der Waals surface area (Å²) in [6, 6.07) is 2.74. The Morgan fingerprint density at radius 1 is 1.40 bits per heavy atom. The van der Waals surface area contributed by atoms with Gasteiger partial charge in [0.25, 0.3) is 0 Å². The predicted molar refractivity (Wildman–Crippen MR) is 79.6 cm³/mol. The highest BCUT2D eigenvalue weighted by Gasteiger charge is 2.29. The lowest BCUT2D eigenvalue weighted by molar-refractivity contribution is -0.136. The van der Waals surface area contributed by atoms with E-state index in [1.807, 2.05) is 29.5 Å². The van der Waals surface area contributed by atoms with Crippen LogP contribution in [-0.4, -0.2) is 45.8 Å². The second kappa shape index (κ2) is 6.39. The number of hydrogen-bond acceptors (Lipinski definition) is 3. The molecule has 0 radical (unpaired) electrons. The number of carbonyl (C=O) groups is 1. The first-order valence-electron chi connectivity index (χ1n) is 7.59. The van der Waals surface area contributed by atoms with Crippen LogP contribution in [0.4, 0.5) is 0 Å². The summed E-state index contributed by atoms with van der Waals surface area (Å²) in [5.41, 5.74) is 2.01. The van der Waals surface area contributed by atoms with Crippen molar-refractivity contribution in [1.82, 2.24) is 20.0 Å². The molecule has 1 aromatic rings. The second-order valence-corrected chi connectivity index (χ2v) is 5.71. The van der Waals surface area contributed by atoms with Crippen LogP contribution < -0.4 is 5.32 Å². The number of aryl methyl sites for hydroxylation is 2. The Balaban J connectivity index is 2.07. The standard InChI is InChI=1S/C15H26N4O/c1-5-13-9-18(14(6-2)8-16-13)15(20)10-19-12(4)7-11(3)17-19/h7,13-14,16H,5-6,8-10H2,1-4H3. The summed E-state index contributed by atoms with van der Waals surface area (Å²) in [5.74, 6) is 0.183. The minimum absolute atomic E-state index is 0.183. The lowest BCUT2D eigenvalue weighted by atomic mass is 10.1. The van der Waals surface area contributed by atoms with Gasteiger partial charge in [-0.15, -0.1) is 0 Å². The van der Waals surface area contributed by atoms with Crippen molar-refractivity contribution in [3.05, 3.63) is 17.5 Å². The number of hydrogen-bond donors (Lipinski definition) is 1. The lowest BCUT2D eigenvalue weighted by Gasteiger charge is -2.40. The summed E-state index contributed by atoms with van der Waals surface area (Å²) in [4.78, 5) is 14.6. The number of aromatic nitrogens is 2. The van der Waals surface area contributed by atoms with E-state index in [1.165, 1.54) is 0 Å². The Morgan fingerprint density at radius 2 is 2.15 bits per heavy atom. The summed E-state index contributed by atoms with van der Waals surface area (Å²) in [7, 11) is 0. The molecule has 0 spiro atoms. The molecule has 5 nitrogen and oxygen atoms in total. The summed E-state index contributed by atoms with van der Waals surface area (Å²) < 4.78 is 1.81. The highest BCUT2D eigenvalue weighted by Crippen LogP contribution is 2.13. The summed E-state index contributed by atoms with van der Waals surface area (Å²) in [6.07, 6.45) is 2.05. The fraction of sp³-hybridized carbons (Fsp3) is 0.733. The largest absolute Gasteiger partial charge is 0.335 e. The molecule has 0 bridgehead atoms. The van der Waals surface area contributed by atoms with Gasteiger partial charge in [-0.1, -0.05) is 13.8 Å². The van der Waals surface area contributed by atoms with Crippen molar-refractivity contribution in [2.45, 2.75) is 59.2 Å². The van der Waals surface area contributed by atoms with Crippen LogP contribution >= 0.6 is 0 Å². The Hall–Kier alpha value is -1.36. The molecule has 2 atom stereocenters. The first-order chi connectivity index (χ1) is 9.55. The summed E-state index contributed by atoms with van der Waals surface area (Å²) in [5, 5.41) is 7.91. The predicted octanol–water partition coefficient (Wildman–Crippen LogP) is 1.49. The maximum absolute atomic E-state index is 12.6. The smallest absolute Gasteiger partial charge is 0.244 e. The van der Waals surface area contributed by atoms with Crippen LogP contribution in [0.5, 0.6) is 0 Å². The van der Waals surface area contributed by atoms with E-state index < -0.39 is 0 Å². The van der Waals surface area contributed by atoms with Gasteiger partial charge in [0.15, 0.2) is 0 Å². The first-order valence-corrected chi connectivity index (χ1v) is 7.59. The zero-order chi connectivity index (χ0) is 14.7. The van der Waals surface area contributed by atoms with Crippen molar-refractivity contribution in [3.63, 3.8) is 0 Å². The first kappa shape index (κ1) is 15.0. The molecule has 0 saturated carbocycles. The number of nitrogens with one attached hydrogen (secondary N) is 1. The Labute approximate surface area is 121 Å². The van der Waals surface area contributed by atoms with E-state index in [2.05, 4.69) is 24.3 Å². The molecule has 1 aliphatic rings. The third-order valence-corrected chi connectivity index (χ3v) is 4.17. The average Bonchev–Trinajstić information content (AvgIpc) is 2.76. The molecule has 1 fully saturated rings. The molecular formula is C15H26N4O. The minimum Gasteiger partial charge on any atom is -0.335 e. The normalized spacial score (nSPS) is 23.1. The third-order valence-electron chi connectivity index (χ3n) is 4.17. The molecule has 2 heterocycles. The van der Waals surface area contributed by atoms with Crippen molar-refractivity contribution in [2.75, 3.05) is 13.1 Å². The van der Waals surface area contributed by atoms with E-state index in [4.69, 9.17) is 0 Å². The van der Waals surface area contributed by atoms with Crippen molar-refractivity contribution in [2.24, 2.45) is 0 Å². The zero-order valence-corrected chi connectivity index (χ0v) is 13.0. The quantitative estimate of drug-likeness (QED) is 0.908. The van der Waals surface area contributed by atoms with Gasteiger partial charge in [-0.25, -0.2) is 0 Å². The van der Waals surface area contributed by atoms with Gasteiger partial charge in [-0.3, -0.25) is 9.48 Å². The van der Waals surface area contributed by atoms with Gasteiger partial charge in [-0.2, -0.15) is 5.10 Å². The molecular weight excluding hydrogens is 252 g/mol. The van der Waals surface area contributed by atoms with Crippen LogP contribution in [0.1, 0.15) is 38.1 Å². The van der Waals surface area contributed by atoms with Gasteiger partial charge in [-0.05, 0) is 32.8 Å². The SMILES string of the molecule is CCC1CN(C(=O)Cn2nc(C)cc2C)C(CC)CN1. The van der Waals surface area contributed by atoms with Crippen molar-refractivity contribution < 1.29 is 4.79 Å². The van der Waals surface area contributed by atoms with E-state index in [0.29, 0.717) is 18.6 Å². The van der Waals surface area contributed by atoms with Crippen molar-refractivity contribution in [3.8, 4) is 0 Å². The fourth-order valence-electron chi connectivity index (χ4n) is 2.86. The van der Waals surface area contributed by atoms with E-state index >= 15 is 0 Å². The van der Waals surface area contributed by atoms with Gasteiger partial charge in [0.2, 0.25) is 5.91 Å². The van der Waals surface area contributed by atoms with E-state index in [-0.39, 0.29) is 5.91 Å². The maximum Gasteiger partial charge on any atom is 0.244 e. The second-order valence-electron chi connectivity index (χ2n) is 5.71. The molecule has 1 saturated heterocycles. The highest BCUT2D eigenvalue weighted by atomic mass is 16.2. The molecule has 5 heteroatoms. The number of nitrogens with zero attached hydrogens (tertiary/aromatic N) is 3. The van der Waals surface area contributed by atoms with E-state index in [9.17, 15) is 4.79 Å². The molecule has 1 aliphatic heterocycles. The fourth-order valence-corrected chi connectivity index (χ4v) is 2.86. The van der Waals surface area contributed by atoms with E-state index in [0.717, 1.165) is 37.3 Å². The van der Waals surface area contributed by atoms with Crippen LogP contribution in [0.15, 0.2) is 6.07 Å². The summed E-state index contributed by atoms with van der Waals surface area (Å²) in [6.45, 7) is 10.3. The Morgan fingerprint density at radius 3 is 2.70 bits per heavy atom. The third kappa shape index (κ3) is 3.20. The van der Waals surface area contributed by atoms with E-state index in [1.54, 1.807) is 0 Å². The lowest BCUT2D eigenvalue weighted by Crippen LogP contribution is -2.58. The van der Waals surface area contributed by atoms with Crippen molar-refractivity contribution in [1.29, 1.82) is 0 Å². The van der Waals surface area contributed by atoms with Crippen LogP contribution in [0.2, 0.25) is 0 Å². The molecule has 20 heavy (non-hydrogen) atoms. The molecule has 0 aliphatic carbocycles. The maximum atomic E-state index is 12.6. The summed E-state index contributed by atoms with van der Waals surface area (Å²) >= 11 is 0. The molecule has 2 unspecified atom stereocenters. The Kier molecular flexibility index (Phi) is 4.81. The monoisotopic (exact) mass is 278 g/mol. The van der Waals surface area contributed by atoms with Crippen LogP contribution in [0.25, 0.3) is 0 Å². The van der Waals surface area contributed by atoms with Crippen molar-refractivity contribution >= 4 is 5.91 Å². The number of piperazine rings is 1. The van der Waals surface area contributed by atoms with Crippen LogP contribution in [0.3, 0.4) is 0 Å². The molecule has 112 valence electrons. The topological polar surface area (TPSA) is 50.2 Å². The number of carbonyl (C=O) groups excluding carboxylic acids is 1. The average molecular weight is 278 g/mol. The highest BCUT2D eigenvalue weighted by molar-refractivity contribution is 5.76. The minimum atomic E-state index is 0.183. The molecule has 1 aromatic heterocycles. The number of rotatable bonds is 4. The van der Waals surface area contributed by atoms with Gasteiger partial charge in [0.1, 0.15) is 6.54 Å². The Bertz CT molecular complexity index is 468. The zero-order valence-electron chi connectivity index (χ0n) is 13.0. The van der Waals surface area contributed by atoms with Gasteiger partial charge in [0, 0.05) is 30.9 Å². The molecule has 1 amide bonds. The number of amides is 1. The van der Waals surface area contributed by atoms with Gasteiger partial charge < -0.3 is 10.2 Å². The van der Waals surface area contributed by atoms with Gasteiger partial charge >= 0.3 is 0 Å². The molecule has 1 N–H and O–H groups in total. The molecule has 0 aromatic carbocycles.